The van der Waals surface area contributed by atoms with Gasteiger partial charge in [-0.25, -0.2) is 0 Å². The summed E-state index contributed by atoms with van der Waals surface area (Å²) < 4.78 is 19.1. The van der Waals surface area contributed by atoms with Gasteiger partial charge in [-0.3, -0.25) is 10.1 Å². The van der Waals surface area contributed by atoms with Crippen LogP contribution in [0.5, 0.6) is 0 Å². The van der Waals surface area contributed by atoms with Crippen molar-refractivity contribution in [3.8, 4) is 0 Å². The normalized spacial score (nSPS) is 29.6. The van der Waals surface area contributed by atoms with Crippen LogP contribution < -0.4 is 5.32 Å². The molecule has 0 spiro atoms. The maximum atomic E-state index is 13.2. The molecule has 37 heavy (non-hydrogen) atoms. The number of hydroxylamine groups is 2. The molecule has 0 amide bonds. The van der Waals surface area contributed by atoms with E-state index in [0.717, 1.165) is 25.7 Å². The number of nitrogens with one attached hydrogen (secondary N) is 1. The van der Waals surface area contributed by atoms with Crippen molar-refractivity contribution in [2.45, 2.75) is 163 Å². The Labute approximate surface area is 227 Å². The smallest absolute Gasteiger partial charge is 0.311 e. The van der Waals surface area contributed by atoms with Crippen molar-refractivity contribution in [2.24, 2.45) is 10.8 Å². The Morgan fingerprint density at radius 3 is 1.95 bits per heavy atom. The van der Waals surface area contributed by atoms with Crippen molar-refractivity contribution in [2.75, 3.05) is 13.7 Å². The zero-order valence-electron chi connectivity index (χ0n) is 26.5. The SMILES string of the molecule is CON1C(C)(C)CC(OCC(C)OC2(C)CC(OC(=O)C(C)(C)CC(C)(C)C)CC(C)(C)N2)CC1(C)C. The third-order valence-corrected chi connectivity index (χ3v) is 7.52. The van der Waals surface area contributed by atoms with Gasteiger partial charge in [0.25, 0.3) is 0 Å². The molecule has 1 N–H and O–H groups in total. The minimum Gasteiger partial charge on any atom is -0.462 e. The van der Waals surface area contributed by atoms with Crippen LogP contribution in [-0.4, -0.2) is 65.4 Å². The molecule has 0 aliphatic carbocycles. The Balaban J connectivity index is 2.00. The van der Waals surface area contributed by atoms with Crippen LogP contribution in [0.3, 0.4) is 0 Å². The van der Waals surface area contributed by atoms with Gasteiger partial charge in [-0.2, -0.15) is 5.06 Å². The fourth-order valence-corrected chi connectivity index (χ4v) is 7.30. The summed E-state index contributed by atoms with van der Waals surface area (Å²) in [6, 6.07) is 0. The van der Waals surface area contributed by atoms with Crippen LogP contribution in [0.25, 0.3) is 0 Å². The maximum Gasteiger partial charge on any atom is 0.311 e. The summed E-state index contributed by atoms with van der Waals surface area (Å²) in [5.74, 6) is -0.128. The average Bonchev–Trinajstić information content (AvgIpc) is 2.60. The first-order chi connectivity index (χ1) is 16.5. The largest absolute Gasteiger partial charge is 0.462 e. The first-order valence-corrected chi connectivity index (χ1v) is 14.1. The maximum absolute atomic E-state index is 13.2. The van der Waals surface area contributed by atoms with E-state index in [-0.39, 0.29) is 46.3 Å². The van der Waals surface area contributed by atoms with Crippen LogP contribution in [0.4, 0.5) is 0 Å². The number of nitrogens with zero attached hydrogens (tertiary/aromatic N) is 1. The third-order valence-electron chi connectivity index (χ3n) is 7.52. The molecule has 2 aliphatic rings. The average molecular weight is 527 g/mol. The highest BCUT2D eigenvalue weighted by atomic mass is 16.7. The molecule has 7 heteroatoms. The molecule has 2 aliphatic heterocycles. The van der Waals surface area contributed by atoms with Crippen molar-refractivity contribution in [3.63, 3.8) is 0 Å². The van der Waals surface area contributed by atoms with Gasteiger partial charge in [0.2, 0.25) is 0 Å². The summed E-state index contributed by atoms with van der Waals surface area (Å²) in [6.07, 6.45) is 3.70. The molecule has 7 nitrogen and oxygen atoms in total. The summed E-state index contributed by atoms with van der Waals surface area (Å²) >= 11 is 0. The van der Waals surface area contributed by atoms with Gasteiger partial charge in [-0.05, 0) is 93.9 Å². The predicted octanol–water partition coefficient (Wildman–Crippen LogP) is 6.24. The number of hydrogen-bond donors (Lipinski definition) is 1. The molecule has 0 bridgehead atoms. The van der Waals surface area contributed by atoms with Crippen molar-refractivity contribution >= 4 is 5.97 Å². The van der Waals surface area contributed by atoms with Crippen molar-refractivity contribution in [3.05, 3.63) is 0 Å². The summed E-state index contributed by atoms with van der Waals surface area (Å²) in [4.78, 5) is 18.9. The van der Waals surface area contributed by atoms with E-state index in [2.05, 4.69) is 86.5 Å². The zero-order chi connectivity index (χ0) is 28.7. The van der Waals surface area contributed by atoms with Gasteiger partial charge >= 0.3 is 5.97 Å². The van der Waals surface area contributed by atoms with E-state index in [0.29, 0.717) is 13.0 Å². The van der Waals surface area contributed by atoms with E-state index in [1.807, 2.05) is 13.8 Å². The van der Waals surface area contributed by atoms with Crippen molar-refractivity contribution in [1.82, 2.24) is 10.4 Å². The monoisotopic (exact) mass is 526 g/mol. The van der Waals surface area contributed by atoms with Crippen LogP contribution >= 0.6 is 0 Å². The van der Waals surface area contributed by atoms with E-state index >= 15 is 0 Å². The molecule has 3 atom stereocenters. The minimum absolute atomic E-state index is 0.0492. The third kappa shape index (κ3) is 9.16. The lowest BCUT2D eigenvalue weighted by Crippen LogP contribution is -2.63. The summed E-state index contributed by atoms with van der Waals surface area (Å²) in [7, 11) is 1.75. The lowest BCUT2D eigenvalue weighted by atomic mass is 9.76. The van der Waals surface area contributed by atoms with Crippen molar-refractivity contribution in [1.29, 1.82) is 0 Å². The second-order valence-corrected chi connectivity index (χ2v) is 15.7. The van der Waals surface area contributed by atoms with Gasteiger partial charge in [0, 0.05) is 29.5 Å². The molecule has 0 aromatic carbocycles. The highest BCUT2D eigenvalue weighted by Crippen LogP contribution is 2.40. The number of carbonyl (C=O) groups is 1. The highest BCUT2D eigenvalue weighted by molar-refractivity contribution is 5.76. The van der Waals surface area contributed by atoms with E-state index < -0.39 is 11.1 Å². The van der Waals surface area contributed by atoms with Gasteiger partial charge in [0.1, 0.15) is 11.8 Å². The molecule has 3 unspecified atom stereocenters. The Morgan fingerprint density at radius 2 is 1.46 bits per heavy atom. The second kappa shape index (κ2) is 11.0. The molecular formula is C30H58N2O5. The van der Waals surface area contributed by atoms with Gasteiger partial charge in [0.15, 0.2) is 0 Å². The Kier molecular flexibility index (Phi) is 9.69. The predicted molar refractivity (Wildman–Crippen MR) is 149 cm³/mol. The molecule has 2 heterocycles. The first-order valence-electron chi connectivity index (χ1n) is 14.1. The molecule has 2 rings (SSSR count). The molecule has 0 saturated carbocycles. The van der Waals surface area contributed by atoms with Gasteiger partial charge in [-0.1, -0.05) is 20.8 Å². The van der Waals surface area contributed by atoms with Crippen molar-refractivity contribution < 1.29 is 23.8 Å². The molecule has 218 valence electrons. The van der Waals surface area contributed by atoms with Gasteiger partial charge in [0.05, 0.1) is 31.3 Å². The Morgan fingerprint density at radius 1 is 0.919 bits per heavy atom. The molecular weight excluding hydrogens is 468 g/mol. The van der Waals surface area contributed by atoms with Gasteiger partial charge in [-0.15, -0.1) is 0 Å². The van der Waals surface area contributed by atoms with Crippen LogP contribution in [0.15, 0.2) is 0 Å². The molecule has 0 radical (unpaired) electrons. The second-order valence-electron chi connectivity index (χ2n) is 15.7. The highest BCUT2D eigenvalue weighted by Gasteiger charge is 2.48. The summed E-state index contributed by atoms with van der Waals surface area (Å²) in [5, 5.41) is 5.76. The summed E-state index contributed by atoms with van der Waals surface area (Å²) in [6.45, 7) is 28.2. The molecule has 2 fully saturated rings. The quantitative estimate of drug-likeness (QED) is 0.356. The zero-order valence-corrected chi connectivity index (χ0v) is 26.5. The Hall–Kier alpha value is -0.730. The number of esters is 1. The lowest BCUT2D eigenvalue weighted by Gasteiger charge is -2.53. The number of rotatable bonds is 9. The fourth-order valence-electron chi connectivity index (χ4n) is 7.30. The van der Waals surface area contributed by atoms with E-state index in [9.17, 15) is 4.79 Å². The Bertz CT molecular complexity index is 767. The number of carbonyl (C=O) groups excluding carboxylic acids is 1. The van der Waals surface area contributed by atoms with E-state index in [1.54, 1.807) is 7.11 Å². The van der Waals surface area contributed by atoms with Crippen LogP contribution in [0, 0.1) is 10.8 Å². The number of ether oxygens (including phenoxy) is 3. The fraction of sp³-hybridized carbons (Fsp3) is 0.967. The van der Waals surface area contributed by atoms with Crippen LogP contribution in [0.1, 0.15) is 122 Å². The van der Waals surface area contributed by atoms with Gasteiger partial charge < -0.3 is 19.0 Å². The lowest BCUT2D eigenvalue weighted by molar-refractivity contribution is -0.282. The van der Waals surface area contributed by atoms with Crippen LogP contribution in [-0.2, 0) is 23.8 Å². The molecule has 2 saturated heterocycles. The molecule has 0 aromatic rings. The van der Waals surface area contributed by atoms with Crippen LogP contribution in [0.2, 0.25) is 0 Å². The summed E-state index contributed by atoms with van der Waals surface area (Å²) in [5.41, 5.74) is -1.58. The van der Waals surface area contributed by atoms with E-state index in [1.165, 1.54) is 0 Å². The molecule has 0 aromatic heterocycles. The standard InChI is InChI=1S/C30H58N2O5/c1-21(19-35-22-16-28(9,10)32(34-14)29(11,12)17-22)37-30(13)18-23(15-27(7,8)31-30)36-24(33)26(5,6)20-25(2,3)4/h21-23,31H,15-20H2,1-14H3. The van der Waals surface area contributed by atoms with E-state index in [4.69, 9.17) is 19.0 Å². The first kappa shape index (κ1) is 32.5. The minimum atomic E-state index is -0.623. The topological polar surface area (TPSA) is 69.3 Å². The number of piperidine rings is 2. The number of hydrogen-bond acceptors (Lipinski definition) is 7.